The number of rotatable bonds is 2. The van der Waals surface area contributed by atoms with Gasteiger partial charge in [-0.15, -0.1) is 11.3 Å². The normalized spacial score (nSPS) is 14.2. The zero-order chi connectivity index (χ0) is 11.7. The molecule has 1 aliphatic heterocycles. The van der Waals surface area contributed by atoms with E-state index in [1.165, 1.54) is 11.3 Å². The van der Waals surface area contributed by atoms with Crippen LogP contribution in [0.25, 0.3) is 0 Å². The number of hydrogen-bond acceptors (Lipinski definition) is 4. The van der Waals surface area contributed by atoms with Crippen molar-refractivity contribution in [1.82, 2.24) is 0 Å². The van der Waals surface area contributed by atoms with Gasteiger partial charge >= 0.3 is 12.0 Å². The minimum atomic E-state index is -1.05. The van der Waals surface area contributed by atoms with Crippen LogP contribution in [0, 0.1) is 0 Å². The molecule has 1 aliphatic rings. The number of amides is 2. The van der Waals surface area contributed by atoms with Crippen molar-refractivity contribution in [1.29, 1.82) is 0 Å². The fourth-order valence-electron chi connectivity index (χ4n) is 1.66. The number of aromatic carboxylic acids is 1. The van der Waals surface area contributed by atoms with E-state index in [9.17, 15) is 9.59 Å². The van der Waals surface area contributed by atoms with Crippen molar-refractivity contribution in [2.24, 2.45) is 5.73 Å². The summed E-state index contributed by atoms with van der Waals surface area (Å²) in [4.78, 5) is 22.7. The Hall–Kier alpha value is -1.60. The molecular weight excluding hydrogens is 232 g/mol. The SMILES string of the molecule is NC(=O)Nc1sc2c(c1C(=O)O)CCOC2. The van der Waals surface area contributed by atoms with Gasteiger partial charge in [0.15, 0.2) is 0 Å². The molecule has 0 bridgehead atoms. The van der Waals surface area contributed by atoms with E-state index in [-0.39, 0.29) is 10.6 Å². The van der Waals surface area contributed by atoms with E-state index < -0.39 is 12.0 Å². The molecule has 2 rings (SSSR count). The number of ether oxygens (including phenoxy) is 1. The molecule has 2 heterocycles. The van der Waals surface area contributed by atoms with Gasteiger partial charge in [-0.1, -0.05) is 0 Å². The van der Waals surface area contributed by atoms with Crippen LogP contribution < -0.4 is 11.1 Å². The lowest BCUT2D eigenvalue weighted by Gasteiger charge is -2.11. The second-order valence-corrected chi connectivity index (χ2v) is 4.41. The first-order chi connectivity index (χ1) is 7.59. The third-order valence-corrected chi connectivity index (χ3v) is 3.39. The number of carbonyl (C=O) groups excluding carboxylic acids is 1. The molecule has 0 atom stereocenters. The number of fused-ring (bicyclic) bond motifs is 1. The van der Waals surface area contributed by atoms with Crippen LogP contribution in [0.5, 0.6) is 0 Å². The number of nitrogens with one attached hydrogen (secondary N) is 1. The summed E-state index contributed by atoms with van der Waals surface area (Å²) in [5.41, 5.74) is 5.87. The Morgan fingerprint density at radius 2 is 2.25 bits per heavy atom. The number of hydrogen-bond donors (Lipinski definition) is 3. The Kier molecular flexibility index (Phi) is 2.80. The van der Waals surface area contributed by atoms with E-state index in [0.29, 0.717) is 19.6 Å². The van der Waals surface area contributed by atoms with Crippen LogP contribution in [0.15, 0.2) is 0 Å². The van der Waals surface area contributed by atoms with Crippen LogP contribution in [0.4, 0.5) is 9.80 Å². The molecule has 6 nitrogen and oxygen atoms in total. The van der Waals surface area contributed by atoms with E-state index in [0.717, 1.165) is 10.4 Å². The molecule has 1 aromatic heterocycles. The lowest BCUT2D eigenvalue weighted by molar-refractivity contribution is 0.0693. The van der Waals surface area contributed by atoms with E-state index in [1.807, 2.05) is 0 Å². The average Bonchev–Trinajstić information content (AvgIpc) is 2.53. The Balaban J connectivity index is 2.47. The molecular formula is C9H10N2O4S. The topological polar surface area (TPSA) is 102 Å². The smallest absolute Gasteiger partial charge is 0.339 e. The van der Waals surface area contributed by atoms with Gasteiger partial charge in [-0.3, -0.25) is 5.32 Å². The first kappa shape index (κ1) is 10.9. The van der Waals surface area contributed by atoms with Gasteiger partial charge in [0.2, 0.25) is 0 Å². The molecule has 0 saturated heterocycles. The third kappa shape index (κ3) is 1.86. The van der Waals surface area contributed by atoms with E-state index in [4.69, 9.17) is 15.6 Å². The maximum Gasteiger partial charge on any atom is 0.339 e. The predicted molar refractivity (Wildman–Crippen MR) is 57.8 cm³/mol. The monoisotopic (exact) mass is 242 g/mol. The minimum Gasteiger partial charge on any atom is -0.478 e. The maximum atomic E-state index is 11.1. The molecule has 0 spiro atoms. The second kappa shape index (κ2) is 4.11. The van der Waals surface area contributed by atoms with Gasteiger partial charge in [0, 0.05) is 4.88 Å². The summed E-state index contributed by atoms with van der Waals surface area (Å²) in [6.45, 7) is 0.890. The van der Waals surface area contributed by atoms with Gasteiger partial charge in [-0.2, -0.15) is 0 Å². The predicted octanol–water partition coefficient (Wildman–Crippen LogP) is 1.01. The Bertz CT molecular complexity index is 455. The first-order valence-electron chi connectivity index (χ1n) is 4.61. The van der Waals surface area contributed by atoms with Gasteiger partial charge in [0.25, 0.3) is 0 Å². The summed E-state index contributed by atoms with van der Waals surface area (Å²) in [6, 6.07) is -0.762. The molecule has 0 saturated carbocycles. The van der Waals surface area contributed by atoms with Gasteiger partial charge in [-0.05, 0) is 12.0 Å². The van der Waals surface area contributed by atoms with Crippen molar-refractivity contribution in [3.8, 4) is 0 Å². The number of carboxylic acids is 1. The highest BCUT2D eigenvalue weighted by Gasteiger charge is 2.25. The summed E-state index contributed by atoms with van der Waals surface area (Å²) in [6.07, 6.45) is 0.550. The molecule has 7 heteroatoms. The highest BCUT2D eigenvalue weighted by Crippen LogP contribution is 2.36. The second-order valence-electron chi connectivity index (χ2n) is 3.30. The van der Waals surface area contributed by atoms with Crippen molar-refractivity contribution in [2.75, 3.05) is 11.9 Å². The molecule has 0 unspecified atom stereocenters. The quantitative estimate of drug-likeness (QED) is 0.720. The lowest BCUT2D eigenvalue weighted by Crippen LogP contribution is -2.20. The Morgan fingerprint density at radius 1 is 1.50 bits per heavy atom. The lowest BCUT2D eigenvalue weighted by atomic mass is 10.1. The van der Waals surface area contributed by atoms with Crippen LogP contribution in [0.3, 0.4) is 0 Å². The van der Waals surface area contributed by atoms with Crippen molar-refractivity contribution < 1.29 is 19.4 Å². The van der Waals surface area contributed by atoms with Crippen molar-refractivity contribution >= 4 is 28.3 Å². The summed E-state index contributed by atoms with van der Waals surface area (Å²) < 4.78 is 5.22. The highest BCUT2D eigenvalue weighted by atomic mass is 32.1. The largest absolute Gasteiger partial charge is 0.478 e. The average molecular weight is 242 g/mol. The van der Waals surface area contributed by atoms with Crippen LogP contribution >= 0.6 is 11.3 Å². The fourth-order valence-corrected chi connectivity index (χ4v) is 2.84. The van der Waals surface area contributed by atoms with Crippen molar-refractivity contribution in [3.05, 3.63) is 16.0 Å². The number of carbonyl (C=O) groups is 2. The zero-order valence-corrected chi connectivity index (χ0v) is 9.10. The van der Waals surface area contributed by atoms with Crippen molar-refractivity contribution in [3.63, 3.8) is 0 Å². The summed E-state index contributed by atoms with van der Waals surface area (Å²) in [5.74, 6) is -1.05. The summed E-state index contributed by atoms with van der Waals surface area (Å²) in [5, 5.41) is 11.7. The molecule has 0 aliphatic carbocycles. The summed E-state index contributed by atoms with van der Waals surface area (Å²) >= 11 is 1.20. The van der Waals surface area contributed by atoms with Gasteiger partial charge in [-0.25, -0.2) is 9.59 Å². The molecule has 0 radical (unpaired) electrons. The Morgan fingerprint density at radius 3 is 2.88 bits per heavy atom. The van der Waals surface area contributed by atoms with E-state index in [1.54, 1.807) is 0 Å². The molecule has 16 heavy (non-hydrogen) atoms. The molecule has 0 fully saturated rings. The van der Waals surface area contributed by atoms with Gasteiger partial charge in [0.1, 0.15) is 5.00 Å². The number of thiophene rings is 1. The van der Waals surface area contributed by atoms with Crippen LogP contribution in [0.2, 0.25) is 0 Å². The first-order valence-corrected chi connectivity index (χ1v) is 5.43. The third-order valence-electron chi connectivity index (χ3n) is 2.27. The summed E-state index contributed by atoms with van der Waals surface area (Å²) in [7, 11) is 0. The highest BCUT2D eigenvalue weighted by molar-refractivity contribution is 7.16. The molecule has 86 valence electrons. The molecule has 4 N–H and O–H groups in total. The van der Waals surface area contributed by atoms with Crippen molar-refractivity contribution in [2.45, 2.75) is 13.0 Å². The minimum absolute atomic E-state index is 0.141. The van der Waals surface area contributed by atoms with Crippen LogP contribution in [0.1, 0.15) is 20.8 Å². The maximum absolute atomic E-state index is 11.1. The standard InChI is InChI=1S/C9H10N2O4S/c10-9(14)11-7-6(8(12)13)4-1-2-15-3-5(4)16-7/h1-3H2,(H,12,13)(H3,10,11,14). The van der Waals surface area contributed by atoms with Crippen LogP contribution in [-0.4, -0.2) is 23.7 Å². The fraction of sp³-hybridized carbons (Fsp3) is 0.333. The Labute approximate surface area is 95.0 Å². The number of primary amides is 1. The molecule has 1 aromatic rings. The number of nitrogens with two attached hydrogens (primary N) is 1. The van der Waals surface area contributed by atoms with E-state index in [2.05, 4.69) is 5.32 Å². The van der Waals surface area contributed by atoms with Gasteiger partial charge < -0.3 is 15.6 Å². The number of anilines is 1. The van der Waals surface area contributed by atoms with Gasteiger partial charge in [0.05, 0.1) is 18.8 Å². The number of urea groups is 1. The molecule has 2 amide bonds. The van der Waals surface area contributed by atoms with E-state index >= 15 is 0 Å². The van der Waals surface area contributed by atoms with Crippen LogP contribution in [-0.2, 0) is 17.8 Å². The number of carboxylic acid groups (broad SMARTS) is 1. The molecule has 0 aromatic carbocycles. The zero-order valence-electron chi connectivity index (χ0n) is 8.28.